The van der Waals surface area contributed by atoms with E-state index in [1.165, 1.54) is 0 Å². The highest BCUT2D eigenvalue weighted by atomic mass is 35.5. The van der Waals surface area contributed by atoms with Gasteiger partial charge in [0.05, 0.1) is 13.1 Å². The van der Waals surface area contributed by atoms with Gasteiger partial charge in [0.1, 0.15) is 11.9 Å². The molecule has 0 radical (unpaired) electrons. The van der Waals surface area contributed by atoms with Crippen LogP contribution in [0.3, 0.4) is 0 Å². The Balaban J connectivity index is 1.31. The van der Waals surface area contributed by atoms with Gasteiger partial charge < -0.3 is 19.5 Å². The van der Waals surface area contributed by atoms with Gasteiger partial charge in [-0.05, 0) is 50.1 Å². The third-order valence-corrected chi connectivity index (χ3v) is 4.93. The number of ether oxygens (including phenoxy) is 1. The number of nitrogens with zero attached hydrogens (tertiary/aromatic N) is 2. The average molecular weight is 374 g/mol. The molecule has 1 aliphatic heterocycles. The first-order chi connectivity index (χ1) is 12.5. The zero-order valence-corrected chi connectivity index (χ0v) is 15.2. The van der Waals surface area contributed by atoms with Gasteiger partial charge in [0.15, 0.2) is 0 Å². The first kappa shape index (κ1) is 17.0. The Labute approximate surface area is 156 Å². The van der Waals surface area contributed by atoms with Crippen LogP contribution in [0.15, 0.2) is 41.2 Å². The predicted molar refractivity (Wildman–Crippen MR) is 100 cm³/mol. The monoisotopic (exact) mass is 373 g/mol. The number of hydrogen-bond acceptors (Lipinski definition) is 3. The number of aromatic nitrogens is 1. The molecule has 2 amide bonds. The van der Waals surface area contributed by atoms with Crippen molar-refractivity contribution < 1.29 is 9.53 Å². The highest BCUT2D eigenvalue weighted by molar-refractivity contribution is 6.30. The molecule has 0 bridgehead atoms. The molecule has 1 N–H and O–H groups in total. The third-order valence-electron chi connectivity index (χ3n) is 4.68. The minimum absolute atomic E-state index is 0.0147. The molecule has 2 aromatic rings. The number of rotatable bonds is 4. The van der Waals surface area contributed by atoms with Crippen molar-refractivity contribution in [2.24, 2.45) is 0 Å². The van der Waals surface area contributed by atoms with Gasteiger partial charge in [-0.2, -0.15) is 0 Å². The molecule has 1 aromatic heterocycles. The van der Waals surface area contributed by atoms with E-state index in [0.717, 1.165) is 18.5 Å². The largest absolute Gasteiger partial charge is 0.486 e. The molecule has 0 atom stereocenters. The van der Waals surface area contributed by atoms with Gasteiger partial charge >= 0.3 is 6.03 Å². The molecule has 6 nitrogen and oxygen atoms in total. The van der Waals surface area contributed by atoms with Crippen molar-refractivity contribution in [3.05, 3.63) is 57.5 Å². The fourth-order valence-corrected chi connectivity index (χ4v) is 3.28. The minimum Gasteiger partial charge on any atom is -0.486 e. The molecule has 1 saturated heterocycles. The summed E-state index contributed by atoms with van der Waals surface area (Å²) in [6, 6.07) is 10.6. The molecule has 0 unspecified atom stereocenters. The van der Waals surface area contributed by atoms with Crippen molar-refractivity contribution in [2.45, 2.75) is 31.9 Å². The van der Waals surface area contributed by atoms with Gasteiger partial charge in [-0.25, -0.2) is 4.79 Å². The number of halogens is 1. The van der Waals surface area contributed by atoms with Crippen molar-refractivity contribution >= 4 is 23.3 Å². The summed E-state index contributed by atoms with van der Waals surface area (Å²) in [5.74, 6) is 0.576. The summed E-state index contributed by atoms with van der Waals surface area (Å²) in [5, 5.41) is 3.44. The molecule has 4 rings (SSSR count). The second kappa shape index (κ2) is 6.68. The molecule has 7 heteroatoms. The first-order valence-corrected chi connectivity index (χ1v) is 9.09. The molecule has 26 heavy (non-hydrogen) atoms. The van der Waals surface area contributed by atoms with Crippen molar-refractivity contribution in [1.29, 1.82) is 0 Å². The van der Waals surface area contributed by atoms with Gasteiger partial charge in [0.25, 0.3) is 5.56 Å². The standard InChI is InChI=1S/C19H20ClN3O3/c1-12-8-16(9-18(24)23(12)15-6-7-15)26-17-10-22(11-17)19(25)21-14-4-2-13(20)3-5-14/h2-5,8-9,15,17H,6-7,10-11H2,1H3,(H,21,25). The molecule has 2 fully saturated rings. The van der Waals surface area contributed by atoms with E-state index >= 15 is 0 Å². The van der Waals surface area contributed by atoms with Crippen molar-refractivity contribution in [1.82, 2.24) is 9.47 Å². The molecule has 2 aliphatic rings. The lowest BCUT2D eigenvalue weighted by molar-refractivity contribution is 0.0490. The number of carbonyl (C=O) groups is 1. The topological polar surface area (TPSA) is 63.6 Å². The van der Waals surface area contributed by atoms with Crippen LogP contribution in [-0.4, -0.2) is 34.7 Å². The van der Waals surface area contributed by atoms with E-state index in [-0.39, 0.29) is 17.7 Å². The maximum atomic E-state index is 12.2. The molecule has 136 valence electrons. The quantitative estimate of drug-likeness (QED) is 0.892. The maximum Gasteiger partial charge on any atom is 0.322 e. The summed E-state index contributed by atoms with van der Waals surface area (Å²) in [6.45, 7) is 2.91. The first-order valence-electron chi connectivity index (χ1n) is 8.71. The summed E-state index contributed by atoms with van der Waals surface area (Å²) in [7, 11) is 0. The highest BCUT2D eigenvalue weighted by Gasteiger charge is 2.33. The van der Waals surface area contributed by atoms with E-state index in [9.17, 15) is 9.59 Å². The van der Waals surface area contributed by atoms with Gasteiger partial charge in [-0.3, -0.25) is 4.79 Å². The van der Waals surface area contributed by atoms with Crippen LogP contribution in [0.2, 0.25) is 5.02 Å². The van der Waals surface area contributed by atoms with E-state index in [2.05, 4.69) is 5.32 Å². The number of pyridine rings is 1. The number of urea groups is 1. The number of nitrogens with one attached hydrogen (secondary N) is 1. The molecule has 1 aliphatic carbocycles. The number of carbonyl (C=O) groups excluding carboxylic acids is 1. The Morgan fingerprint density at radius 1 is 1.19 bits per heavy atom. The summed E-state index contributed by atoms with van der Waals surface area (Å²) in [5.41, 5.74) is 1.61. The Kier molecular flexibility index (Phi) is 4.36. The Morgan fingerprint density at radius 2 is 1.88 bits per heavy atom. The predicted octanol–water partition coefficient (Wildman–Crippen LogP) is 3.44. The lowest BCUT2D eigenvalue weighted by Gasteiger charge is -2.38. The van der Waals surface area contributed by atoms with Crippen molar-refractivity contribution in [2.75, 3.05) is 18.4 Å². The van der Waals surface area contributed by atoms with Crippen LogP contribution in [0.25, 0.3) is 0 Å². The van der Waals surface area contributed by atoms with Gasteiger partial charge in [-0.15, -0.1) is 0 Å². The fraction of sp³-hybridized carbons (Fsp3) is 0.368. The average Bonchev–Trinajstić information content (AvgIpc) is 3.37. The van der Waals surface area contributed by atoms with E-state index in [4.69, 9.17) is 16.3 Å². The third kappa shape index (κ3) is 3.55. The summed E-state index contributed by atoms with van der Waals surface area (Å²) < 4.78 is 7.69. The molecular weight excluding hydrogens is 354 g/mol. The van der Waals surface area contributed by atoms with Gasteiger partial charge in [0, 0.05) is 28.5 Å². The molecule has 0 spiro atoms. The maximum absolute atomic E-state index is 12.2. The van der Waals surface area contributed by atoms with E-state index in [1.807, 2.05) is 17.6 Å². The van der Waals surface area contributed by atoms with Crippen LogP contribution in [0.5, 0.6) is 5.75 Å². The number of anilines is 1. The minimum atomic E-state index is -0.174. The molecule has 1 aromatic carbocycles. The Hall–Kier alpha value is -2.47. The van der Waals surface area contributed by atoms with Gasteiger partial charge in [0.2, 0.25) is 0 Å². The number of hydrogen-bond donors (Lipinski definition) is 1. The molecule has 1 saturated carbocycles. The SMILES string of the molecule is Cc1cc(OC2CN(C(=O)Nc3ccc(Cl)cc3)C2)cc(=O)n1C1CC1. The Morgan fingerprint density at radius 3 is 2.50 bits per heavy atom. The highest BCUT2D eigenvalue weighted by Crippen LogP contribution is 2.35. The summed E-state index contributed by atoms with van der Waals surface area (Å²) in [6.07, 6.45) is 2.05. The van der Waals surface area contributed by atoms with Crippen LogP contribution >= 0.6 is 11.6 Å². The number of likely N-dealkylation sites (tertiary alicyclic amines) is 1. The smallest absolute Gasteiger partial charge is 0.322 e. The number of amides is 2. The van der Waals surface area contributed by atoms with Crippen LogP contribution in [0.4, 0.5) is 10.5 Å². The number of benzene rings is 1. The Bertz CT molecular complexity index is 884. The van der Waals surface area contributed by atoms with Crippen molar-refractivity contribution in [3.63, 3.8) is 0 Å². The van der Waals surface area contributed by atoms with Crippen molar-refractivity contribution in [3.8, 4) is 5.75 Å². The fourth-order valence-electron chi connectivity index (χ4n) is 3.16. The van der Waals surface area contributed by atoms with E-state index < -0.39 is 0 Å². The normalized spacial score (nSPS) is 16.9. The second-order valence-corrected chi connectivity index (χ2v) is 7.29. The molecule has 2 heterocycles. The van der Waals surface area contributed by atoms with Crippen LogP contribution in [-0.2, 0) is 0 Å². The second-order valence-electron chi connectivity index (χ2n) is 6.85. The number of aryl methyl sites for hydroxylation is 1. The zero-order chi connectivity index (χ0) is 18.3. The van der Waals surface area contributed by atoms with Crippen LogP contribution in [0.1, 0.15) is 24.6 Å². The lowest BCUT2D eigenvalue weighted by Crippen LogP contribution is -2.57. The zero-order valence-electron chi connectivity index (χ0n) is 14.4. The summed E-state index contributed by atoms with van der Waals surface area (Å²) >= 11 is 5.83. The summed E-state index contributed by atoms with van der Waals surface area (Å²) in [4.78, 5) is 26.1. The van der Waals surface area contributed by atoms with Gasteiger partial charge in [-0.1, -0.05) is 11.6 Å². The van der Waals surface area contributed by atoms with Crippen LogP contribution in [0, 0.1) is 6.92 Å². The lowest BCUT2D eigenvalue weighted by atomic mass is 10.2. The van der Waals surface area contributed by atoms with Crippen LogP contribution < -0.4 is 15.6 Å². The van der Waals surface area contributed by atoms with E-state index in [0.29, 0.717) is 35.6 Å². The van der Waals surface area contributed by atoms with E-state index in [1.54, 1.807) is 35.2 Å². The molecular formula is C19H20ClN3O3.